The van der Waals surface area contributed by atoms with E-state index in [-0.39, 0.29) is 17.6 Å². The lowest BCUT2D eigenvalue weighted by atomic mass is 10.1. The van der Waals surface area contributed by atoms with Gasteiger partial charge in [0.05, 0.1) is 23.1 Å². The highest BCUT2D eigenvalue weighted by atomic mass is 19.1. The van der Waals surface area contributed by atoms with Gasteiger partial charge in [0.2, 0.25) is 5.91 Å². The molecule has 28 heavy (non-hydrogen) atoms. The standard InChI is InChI=1S/C21H21FN4O2/c1-4-20-18(12-23-26(20)17-8-5-15(22)6-9-17)21(28)25-16-7-10-19(13(2)11-16)24-14(3)27/h5-12H,4H2,1-3H3,(H,24,27)(H,25,28). The minimum absolute atomic E-state index is 0.152. The maximum atomic E-state index is 13.2. The highest BCUT2D eigenvalue weighted by Gasteiger charge is 2.17. The molecule has 2 amide bonds. The van der Waals surface area contributed by atoms with Crippen LogP contribution in [-0.4, -0.2) is 21.6 Å². The lowest BCUT2D eigenvalue weighted by Gasteiger charge is -2.11. The number of hydrogen-bond acceptors (Lipinski definition) is 3. The Labute approximate surface area is 162 Å². The van der Waals surface area contributed by atoms with Gasteiger partial charge in [0, 0.05) is 18.3 Å². The first-order chi connectivity index (χ1) is 13.4. The average molecular weight is 380 g/mol. The van der Waals surface area contributed by atoms with Gasteiger partial charge in [-0.25, -0.2) is 9.07 Å². The Morgan fingerprint density at radius 1 is 1.11 bits per heavy atom. The zero-order chi connectivity index (χ0) is 20.3. The molecule has 0 aliphatic rings. The second-order valence-electron chi connectivity index (χ2n) is 6.41. The van der Waals surface area contributed by atoms with Gasteiger partial charge in [-0.1, -0.05) is 6.92 Å². The molecular formula is C21H21FN4O2. The van der Waals surface area contributed by atoms with Crippen molar-refractivity contribution in [2.24, 2.45) is 0 Å². The maximum absolute atomic E-state index is 13.2. The molecule has 1 heterocycles. The minimum Gasteiger partial charge on any atom is -0.326 e. The molecule has 0 spiro atoms. The number of nitrogens with zero attached hydrogens (tertiary/aromatic N) is 2. The number of rotatable bonds is 5. The van der Waals surface area contributed by atoms with Gasteiger partial charge < -0.3 is 10.6 Å². The van der Waals surface area contributed by atoms with E-state index in [0.717, 1.165) is 11.3 Å². The summed E-state index contributed by atoms with van der Waals surface area (Å²) in [5.74, 6) is -0.762. The van der Waals surface area contributed by atoms with E-state index in [1.807, 2.05) is 13.8 Å². The van der Waals surface area contributed by atoms with Gasteiger partial charge in [0.25, 0.3) is 5.91 Å². The molecule has 2 N–H and O–H groups in total. The zero-order valence-electron chi connectivity index (χ0n) is 15.9. The third kappa shape index (κ3) is 4.09. The first-order valence-corrected chi connectivity index (χ1v) is 8.91. The monoisotopic (exact) mass is 380 g/mol. The van der Waals surface area contributed by atoms with Crippen LogP contribution in [0.1, 0.15) is 35.5 Å². The van der Waals surface area contributed by atoms with Crippen LogP contribution in [0.5, 0.6) is 0 Å². The summed E-state index contributed by atoms with van der Waals surface area (Å²) in [6, 6.07) is 11.2. The zero-order valence-corrected chi connectivity index (χ0v) is 15.9. The number of benzene rings is 2. The molecule has 0 aliphatic heterocycles. The number of aryl methyl sites for hydroxylation is 1. The molecule has 2 aromatic carbocycles. The Morgan fingerprint density at radius 2 is 1.82 bits per heavy atom. The first kappa shape index (κ1) is 19.3. The predicted octanol–water partition coefficient (Wildman–Crippen LogP) is 4.09. The largest absolute Gasteiger partial charge is 0.326 e. The summed E-state index contributed by atoms with van der Waals surface area (Å²) >= 11 is 0. The van der Waals surface area contributed by atoms with Crippen LogP contribution in [0.2, 0.25) is 0 Å². The summed E-state index contributed by atoms with van der Waals surface area (Å²) in [6.07, 6.45) is 2.09. The van der Waals surface area contributed by atoms with E-state index >= 15 is 0 Å². The quantitative estimate of drug-likeness (QED) is 0.700. The fourth-order valence-electron chi connectivity index (χ4n) is 2.98. The molecule has 0 aliphatic carbocycles. The van der Waals surface area contributed by atoms with E-state index in [1.165, 1.54) is 25.3 Å². The second kappa shape index (κ2) is 8.04. The lowest BCUT2D eigenvalue weighted by molar-refractivity contribution is -0.114. The van der Waals surface area contributed by atoms with Gasteiger partial charge in [-0.2, -0.15) is 5.10 Å². The molecule has 0 saturated heterocycles. The molecule has 0 radical (unpaired) electrons. The molecule has 0 atom stereocenters. The first-order valence-electron chi connectivity index (χ1n) is 8.91. The molecule has 7 heteroatoms. The third-order valence-electron chi connectivity index (χ3n) is 4.31. The van der Waals surface area contributed by atoms with Gasteiger partial charge in [0.15, 0.2) is 0 Å². The van der Waals surface area contributed by atoms with Gasteiger partial charge in [0.1, 0.15) is 5.82 Å². The number of halogens is 1. The van der Waals surface area contributed by atoms with Crippen molar-refractivity contribution in [3.05, 3.63) is 71.3 Å². The number of carbonyl (C=O) groups excluding carboxylic acids is 2. The number of anilines is 2. The second-order valence-corrected chi connectivity index (χ2v) is 6.41. The van der Waals surface area contributed by atoms with E-state index in [2.05, 4.69) is 15.7 Å². The molecule has 0 bridgehead atoms. The van der Waals surface area contributed by atoms with Gasteiger partial charge >= 0.3 is 0 Å². The molecule has 3 aromatic rings. The van der Waals surface area contributed by atoms with Crippen LogP contribution in [0.25, 0.3) is 5.69 Å². The van der Waals surface area contributed by atoms with Crippen LogP contribution in [0.4, 0.5) is 15.8 Å². The van der Waals surface area contributed by atoms with Crippen LogP contribution in [0.15, 0.2) is 48.7 Å². The van der Waals surface area contributed by atoms with Crippen molar-refractivity contribution in [1.29, 1.82) is 0 Å². The summed E-state index contributed by atoms with van der Waals surface area (Å²) in [5, 5.41) is 9.90. The Hall–Kier alpha value is -3.48. The Bertz CT molecular complexity index is 1030. The molecule has 144 valence electrons. The van der Waals surface area contributed by atoms with Gasteiger partial charge in [-0.05, 0) is 61.4 Å². The van der Waals surface area contributed by atoms with E-state index in [1.54, 1.807) is 35.0 Å². The smallest absolute Gasteiger partial charge is 0.259 e. The van der Waals surface area contributed by atoms with Crippen molar-refractivity contribution in [3.63, 3.8) is 0 Å². The van der Waals surface area contributed by atoms with Crippen LogP contribution in [0.3, 0.4) is 0 Å². The average Bonchev–Trinajstić information content (AvgIpc) is 3.08. The van der Waals surface area contributed by atoms with Crippen LogP contribution >= 0.6 is 0 Å². The Kier molecular flexibility index (Phi) is 5.54. The highest BCUT2D eigenvalue weighted by molar-refractivity contribution is 6.05. The topological polar surface area (TPSA) is 76.0 Å². The lowest BCUT2D eigenvalue weighted by Crippen LogP contribution is -2.15. The molecule has 0 unspecified atom stereocenters. The number of carbonyl (C=O) groups is 2. The molecule has 1 aromatic heterocycles. The summed E-state index contributed by atoms with van der Waals surface area (Å²) in [5.41, 5.74) is 4.03. The van der Waals surface area contributed by atoms with Crippen molar-refractivity contribution >= 4 is 23.2 Å². The van der Waals surface area contributed by atoms with E-state index in [4.69, 9.17) is 0 Å². The number of hydrogen-bond donors (Lipinski definition) is 2. The van der Waals surface area contributed by atoms with Crippen molar-refractivity contribution in [2.45, 2.75) is 27.2 Å². The molecule has 0 saturated carbocycles. The third-order valence-corrected chi connectivity index (χ3v) is 4.31. The molecule has 0 fully saturated rings. The fraction of sp³-hybridized carbons (Fsp3) is 0.190. The number of amides is 2. The normalized spacial score (nSPS) is 10.6. The van der Waals surface area contributed by atoms with Crippen molar-refractivity contribution in [1.82, 2.24) is 9.78 Å². The minimum atomic E-state index is -0.329. The van der Waals surface area contributed by atoms with Crippen molar-refractivity contribution in [3.8, 4) is 5.69 Å². The van der Waals surface area contributed by atoms with Crippen LogP contribution in [-0.2, 0) is 11.2 Å². The summed E-state index contributed by atoms with van der Waals surface area (Å²) in [4.78, 5) is 24.0. The number of aromatic nitrogens is 2. The Balaban J connectivity index is 1.84. The fourth-order valence-corrected chi connectivity index (χ4v) is 2.98. The van der Waals surface area contributed by atoms with Crippen LogP contribution < -0.4 is 10.6 Å². The summed E-state index contributed by atoms with van der Waals surface area (Å²) in [6.45, 7) is 5.23. The molecular weight excluding hydrogens is 359 g/mol. The Morgan fingerprint density at radius 3 is 2.43 bits per heavy atom. The van der Waals surface area contributed by atoms with Crippen molar-refractivity contribution < 1.29 is 14.0 Å². The summed E-state index contributed by atoms with van der Waals surface area (Å²) in [7, 11) is 0. The highest BCUT2D eigenvalue weighted by Crippen LogP contribution is 2.22. The van der Waals surface area contributed by atoms with Crippen molar-refractivity contribution in [2.75, 3.05) is 10.6 Å². The van der Waals surface area contributed by atoms with Gasteiger partial charge in [-0.3, -0.25) is 9.59 Å². The number of nitrogens with one attached hydrogen (secondary N) is 2. The molecule has 6 nitrogen and oxygen atoms in total. The van der Waals surface area contributed by atoms with E-state index in [0.29, 0.717) is 29.0 Å². The van der Waals surface area contributed by atoms with Gasteiger partial charge in [-0.15, -0.1) is 0 Å². The van der Waals surface area contributed by atoms with E-state index < -0.39 is 0 Å². The predicted molar refractivity (Wildman–Crippen MR) is 106 cm³/mol. The molecule has 3 rings (SSSR count). The summed E-state index contributed by atoms with van der Waals surface area (Å²) < 4.78 is 14.8. The van der Waals surface area contributed by atoms with E-state index in [9.17, 15) is 14.0 Å². The maximum Gasteiger partial charge on any atom is 0.259 e. The SMILES string of the molecule is CCc1c(C(=O)Nc2ccc(NC(C)=O)c(C)c2)cnn1-c1ccc(F)cc1. The van der Waals surface area contributed by atoms with Crippen LogP contribution in [0, 0.1) is 12.7 Å².